The Kier molecular flexibility index (Phi) is 5.92. The SMILES string of the molecule is C[C@H](Sc1nnc(-c2cccnc2)n1-c1ccccc1F)C(=O)N1CCc2ccccc2C1. The van der Waals surface area contributed by atoms with Gasteiger partial charge >= 0.3 is 0 Å². The normalized spacial score (nSPS) is 14.1. The minimum atomic E-state index is -0.410. The van der Waals surface area contributed by atoms with E-state index in [9.17, 15) is 9.18 Å². The van der Waals surface area contributed by atoms with E-state index in [1.807, 2.05) is 30.0 Å². The van der Waals surface area contributed by atoms with Crippen LogP contribution in [0, 0.1) is 5.82 Å². The van der Waals surface area contributed by atoms with Crippen LogP contribution in [0.1, 0.15) is 18.1 Å². The molecular formula is C25H22FN5OS. The molecule has 5 rings (SSSR count). The Hall–Kier alpha value is -3.52. The predicted octanol–water partition coefficient (Wildman–Crippen LogP) is 4.53. The standard InChI is InChI=1S/C25H22FN5OS/c1-17(24(32)30-14-12-18-7-2-3-8-20(18)16-30)33-25-29-28-23(19-9-6-13-27-15-19)31(25)22-11-5-4-10-21(22)26/h2-11,13,15,17H,12,14,16H2,1H3/t17-/m0/s1. The molecule has 0 unspecified atom stereocenters. The van der Waals surface area contributed by atoms with E-state index in [-0.39, 0.29) is 5.91 Å². The zero-order chi connectivity index (χ0) is 22.8. The van der Waals surface area contributed by atoms with Crippen LogP contribution < -0.4 is 0 Å². The second-order valence-corrected chi connectivity index (χ2v) is 9.18. The van der Waals surface area contributed by atoms with Gasteiger partial charge in [-0.1, -0.05) is 48.2 Å². The number of carbonyl (C=O) groups excluding carboxylic acids is 1. The summed E-state index contributed by atoms with van der Waals surface area (Å²) in [4.78, 5) is 19.3. The number of rotatable bonds is 5. The van der Waals surface area contributed by atoms with E-state index in [1.165, 1.54) is 29.0 Å². The van der Waals surface area contributed by atoms with Crippen LogP contribution in [0.3, 0.4) is 0 Å². The smallest absolute Gasteiger partial charge is 0.236 e. The fraction of sp³-hybridized carbons (Fsp3) is 0.200. The fourth-order valence-electron chi connectivity index (χ4n) is 4.03. The van der Waals surface area contributed by atoms with Crippen LogP contribution in [0.25, 0.3) is 17.1 Å². The quantitative estimate of drug-likeness (QED) is 0.410. The first-order valence-electron chi connectivity index (χ1n) is 10.7. The number of fused-ring (bicyclic) bond motifs is 1. The van der Waals surface area contributed by atoms with E-state index >= 15 is 0 Å². The lowest BCUT2D eigenvalue weighted by Gasteiger charge is -2.30. The molecule has 0 saturated heterocycles. The average molecular weight is 460 g/mol. The molecule has 1 aliphatic heterocycles. The Labute approximate surface area is 195 Å². The summed E-state index contributed by atoms with van der Waals surface area (Å²) in [6.07, 6.45) is 4.17. The largest absolute Gasteiger partial charge is 0.337 e. The Balaban J connectivity index is 1.44. The molecule has 6 nitrogen and oxygen atoms in total. The molecule has 1 atom stereocenters. The van der Waals surface area contributed by atoms with Crippen molar-refractivity contribution in [3.05, 3.63) is 90.0 Å². The van der Waals surface area contributed by atoms with Gasteiger partial charge in [0.05, 0.1) is 10.9 Å². The second kappa shape index (κ2) is 9.15. The van der Waals surface area contributed by atoms with Crippen molar-refractivity contribution in [3.63, 3.8) is 0 Å². The highest BCUT2D eigenvalue weighted by Gasteiger charge is 2.28. The summed E-state index contributed by atoms with van der Waals surface area (Å²) in [7, 11) is 0. The summed E-state index contributed by atoms with van der Waals surface area (Å²) in [6.45, 7) is 3.14. The van der Waals surface area contributed by atoms with Crippen molar-refractivity contribution < 1.29 is 9.18 Å². The monoisotopic (exact) mass is 459 g/mol. The molecule has 1 aliphatic rings. The number of para-hydroxylation sites is 1. The number of nitrogens with zero attached hydrogens (tertiary/aromatic N) is 5. The number of halogens is 1. The van der Waals surface area contributed by atoms with E-state index in [0.29, 0.717) is 35.3 Å². The zero-order valence-corrected chi connectivity index (χ0v) is 18.9. The van der Waals surface area contributed by atoms with E-state index < -0.39 is 11.1 Å². The van der Waals surface area contributed by atoms with Crippen molar-refractivity contribution in [2.24, 2.45) is 0 Å². The van der Waals surface area contributed by atoms with Crippen LogP contribution in [-0.4, -0.2) is 42.4 Å². The first-order chi connectivity index (χ1) is 16.1. The third kappa shape index (κ3) is 4.26. The van der Waals surface area contributed by atoms with Crippen LogP contribution in [0.15, 0.2) is 78.2 Å². The van der Waals surface area contributed by atoms with Crippen LogP contribution in [-0.2, 0) is 17.8 Å². The number of pyridine rings is 1. The van der Waals surface area contributed by atoms with Gasteiger partial charge in [0.1, 0.15) is 5.82 Å². The van der Waals surface area contributed by atoms with Crippen molar-refractivity contribution in [3.8, 4) is 17.1 Å². The van der Waals surface area contributed by atoms with Gasteiger partial charge in [0.2, 0.25) is 5.91 Å². The lowest BCUT2D eigenvalue weighted by atomic mass is 10.00. The van der Waals surface area contributed by atoms with Gasteiger partial charge in [-0.3, -0.25) is 14.3 Å². The Bertz CT molecular complexity index is 1290. The molecule has 33 heavy (non-hydrogen) atoms. The molecule has 0 spiro atoms. The third-order valence-electron chi connectivity index (χ3n) is 5.72. The Morgan fingerprint density at radius 2 is 1.82 bits per heavy atom. The predicted molar refractivity (Wildman–Crippen MR) is 125 cm³/mol. The Morgan fingerprint density at radius 3 is 2.61 bits per heavy atom. The lowest BCUT2D eigenvalue weighted by Crippen LogP contribution is -2.40. The molecule has 2 aromatic heterocycles. The molecule has 0 fully saturated rings. The highest BCUT2D eigenvalue weighted by molar-refractivity contribution is 8.00. The van der Waals surface area contributed by atoms with Gasteiger partial charge in [-0.2, -0.15) is 0 Å². The van der Waals surface area contributed by atoms with Gasteiger partial charge in [0.25, 0.3) is 0 Å². The van der Waals surface area contributed by atoms with Crippen molar-refractivity contribution >= 4 is 17.7 Å². The molecular weight excluding hydrogens is 437 g/mol. The molecule has 2 aromatic carbocycles. The van der Waals surface area contributed by atoms with Crippen LogP contribution in [0.2, 0.25) is 0 Å². The van der Waals surface area contributed by atoms with Crippen molar-refractivity contribution in [1.29, 1.82) is 0 Å². The van der Waals surface area contributed by atoms with E-state index in [4.69, 9.17) is 0 Å². The molecule has 0 bridgehead atoms. The minimum Gasteiger partial charge on any atom is -0.337 e. The lowest BCUT2D eigenvalue weighted by molar-refractivity contribution is -0.131. The maximum atomic E-state index is 14.8. The topological polar surface area (TPSA) is 63.9 Å². The summed E-state index contributed by atoms with van der Waals surface area (Å²) < 4.78 is 16.4. The van der Waals surface area contributed by atoms with E-state index in [1.54, 1.807) is 41.2 Å². The molecule has 0 aliphatic carbocycles. The van der Waals surface area contributed by atoms with E-state index in [2.05, 4.69) is 27.3 Å². The number of hydrogen-bond acceptors (Lipinski definition) is 5. The van der Waals surface area contributed by atoms with Gasteiger partial charge in [0, 0.05) is 31.0 Å². The number of thioether (sulfide) groups is 1. The highest BCUT2D eigenvalue weighted by atomic mass is 32.2. The maximum absolute atomic E-state index is 14.8. The average Bonchev–Trinajstić information content (AvgIpc) is 3.27. The summed E-state index contributed by atoms with van der Waals surface area (Å²) >= 11 is 1.28. The maximum Gasteiger partial charge on any atom is 0.236 e. The van der Waals surface area contributed by atoms with Gasteiger partial charge < -0.3 is 4.90 Å². The molecule has 1 amide bonds. The third-order valence-corrected chi connectivity index (χ3v) is 6.75. The van der Waals surface area contributed by atoms with Crippen LogP contribution >= 0.6 is 11.8 Å². The number of hydrogen-bond donors (Lipinski definition) is 0. The second-order valence-electron chi connectivity index (χ2n) is 7.87. The molecule has 0 N–H and O–H groups in total. The van der Waals surface area contributed by atoms with Crippen LogP contribution in [0.5, 0.6) is 0 Å². The summed E-state index contributed by atoms with van der Waals surface area (Å²) in [5.41, 5.74) is 3.52. The molecule has 3 heterocycles. The molecule has 4 aromatic rings. The molecule has 0 saturated carbocycles. The van der Waals surface area contributed by atoms with Crippen molar-refractivity contribution in [2.75, 3.05) is 6.54 Å². The molecule has 8 heteroatoms. The molecule has 166 valence electrons. The Morgan fingerprint density at radius 1 is 1.03 bits per heavy atom. The summed E-state index contributed by atoms with van der Waals surface area (Å²) in [5.74, 6) is 0.110. The minimum absolute atomic E-state index is 0.0283. The number of amides is 1. The van der Waals surface area contributed by atoms with Gasteiger partial charge in [0.15, 0.2) is 11.0 Å². The van der Waals surface area contributed by atoms with Crippen LogP contribution in [0.4, 0.5) is 4.39 Å². The molecule has 0 radical (unpaired) electrons. The van der Waals surface area contributed by atoms with Gasteiger partial charge in [-0.05, 0) is 48.7 Å². The van der Waals surface area contributed by atoms with E-state index in [0.717, 1.165) is 6.42 Å². The summed E-state index contributed by atoms with van der Waals surface area (Å²) in [6, 6.07) is 18.3. The van der Waals surface area contributed by atoms with Crippen molar-refractivity contribution in [1.82, 2.24) is 24.6 Å². The van der Waals surface area contributed by atoms with Gasteiger partial charge in [-0.15, -0.1) is 10.2 Å². The van der Waals surface area contributed by atoms with Gasteiger partial charge in [-0.25, -0.2) is 4.39 Å². The fourth-order valence-corrected chi connectivity index (χ4v) is 4.97. The first kappa shape index (κ1) is 21.3. The number of benzene rings is 2. The number of carbonyl (C=O) groups is 1. The first-order valence-corrected chi connectivity index (χ1v) is 11.6. The highest BCUT2D eigenvalue weighted by Crippen LogP contribution is 2.32. The zero-order valence-electron chi connectivity index (χ0n) is 18.1. The van der Waals surface area contributed by atoms with Crippen molar-refractivity contribution in [2.45, 2.75) is 30.3 Å². The summed E-state index contributed by atoms with van der Waals surface area (Å²) in [5, 5.41) is 8.69. The number of aromatic nitrogens is 4.